The van der Waals surface area contributed by atoms with Crippen molar-refractivity contribution in [3.63, 3.8) is 0 Å². The number of ether oxygens (including phenoxy) is 2. The van der Waals surface area contributed by atoms with Crippen molar-refractivity contribution >= 4 is 46.5 Å². The topological polar surface area (TPSA) is 172 Å². The van der Waals surface area contributed by atoms with Gasteiger partial charge in [-0.3, -0.25) is 14.9 Å². The zero-order chi connectivity index (χ0) is 26.7. The second-order valence-electron chi connectivity index (χ2n) is 9.52. The van der Waals surface area contributed by atoms with Crippen LogP contribution in [-0.4, -0.2) is 56.7 Å². The molecule has 4 rings (SSSR count). The van der Waals surface area contributed by atoms with E-state index in [2.05, 4.69) is 25.9 Å². The Bertz CT molecular complexity index is 1330. The Labute approximate surface area is 211 Å². The number of aliphatic carboxylic acids is 1. The van der Waals surface area contributed by atoms with E-state index in [9.17, 15) is 24.3 Å². The van der Waals surface area contributed by atoms with E-state index in [1.807, 2.05) is 18.2 Å². The van der Waals surface area contributed by atoms with E-state index in [0.717, 1.165) is 5.52 Å². The van der Waals surface area contributed by atoms with Gasteiger partial charge in [-0.05, 0) is 50.6 Å². The molecule has 0 aliphatic carbocycles. The Morgan fingerprint density at radius 2 is 1.95 bits per heavy atom. The standard InChI is InChI=1S/C25H27N5O7/c1-25(2,3)37-24(35)29-17(22(33)34)11-13-8-9-18-16(10-13)26-21(32)19(36-18)12-20(31)30-23-27-14-6-4-5-7-15(14)28-23/h4-10,17,19H,11-12H2,1-3H3,(H,26,32)(H,29,35)(H,33,34)(H2,27,28,30,31)/t17-,19?/m0/s1. The summed E-state index contributed by atoms with van der Waals surface area (Å²) in [6.45, 7) is 5.01. The molecular weight excluding hydrogens is 482 g/mol. The van der Waals surface area contributed by atoms with E-state index in [0.29, 0.717) is 22.5 Å². The lowest BCUT2D eigenvalue weighted by Crippen LogP contribution is -2.44. The van der Waals surface area contributed by atoms with Crippen LogP contribution >= 0.6 is 0 Å². The molecule has 194 valence electrons. The van der Waals surface area contributed by atoms with Crippen molar-refractivity contribution in [3.05, 3.63) is 48.0 Å². The largest absolute Gasteiger partial charge is 0.480 e. The normalized spacial score (nSPS) is 15.6. The van der Waals surface area contributed by atoms with Crippen molar-refractivity contribution in [3.8, 4) is 5.75 Å². The molecule has 0 radical (unpaired) electrons. The molecule has 3 aromatic rings. The van der Waals surface area contributed by atoms with Crippen LogP contribution in [0, 0.1) is 0 Å². The number of H-pyrrole nitrogens is 1. The average molecular weight is 510 g/mol. The number of imidazole rings is 1. The molecule has 5 N–H and O–H groups in total. The summed E-state index contributed by atoms with van der Waals surface area (Å²) in [5.41, 5.74) is 1.55. The molecule has 1 unspecified atom stereocenters. The van der Waals surface area contributed by atoms with Gasteiger partial charge in [-0.15, -0.1) is 0 Å². The van der Waals surface area contributed by atoms with E-state index >= 15 is 0 Å². The first-order valence-corrected chi connectivity index (χ1v) is 11.5. The van der Waals surface area contributed by atoms with Gasteiger partial charge >= 0.3 is 12.1 Å². The van der Waals surface area contributed by atoms with Gasteiger partial charge in [-0.25, -0.2) is 14.6 Å². The molecular formula is C25H27N5O7. The molecule has 2 aromatic carbocycles. The fraction of sp³-hybridized carbons (Fsp3) is 0.320. The fourth-order valence-electron chi connectivity index (χ4n) is 3.71. The van der Waals surface area contributed by atoms with Gasteiger partial charge in [0, 0.05) is 6.42 Å². The summed E-state index contributed by atoms with van der Waals surface area (Å²) in [6.07, 6.45) is -2.21. The lowest BCUT2D eigenvalue weighted by molar-refractivity contribution is -0.139. The number of nitrogens with zero attached hydrogens (tertiary/aromatic N) is 1. The first kappa shape index (κ1) is 25.5. The number of hydrogen-bond donors (Lipinski definition) is 5. The Hall–Kier alpha value is -4.61. The molecule has 3 amide bonds. The maximum Gasteiger partial charge on any atom is 0.408 e. The maximum atomic E-state index is 12.6. The highest BCUT2D eigenvalue weighted by Crippen LogP contribution is 2.32. The first-order chi connectivity index (χ1) is 17.5. The van der Waals surface area contributed by atoms with Gasteiger partial charge < -0.3 is 30.2 Å². The van der Waals surface area contributed by atoms with Gasteiger partial charge in [-0.2, -0.15) is 0 Å². The number of para-hydroxylation sites is 2. The van der Waals surface area contributed by atoms with Gasteiger partial charge in [0.15, 0.2) is 6.10 Å². The van der Waals surface area contributed by atoms with E-state index in [1.54, 1.807) is 45.0 Å². The van der Waals surface area contributed by atoms with Crippen LogP contribution in [0.2, 0.25) is 0 Å². The number of aromatic nitrogens is 2. The Morgan fingerprint density at radius 3 is 2.65 bits per heavy atom. The fourth-order valence-corrected chi connectivity index (χ4v) is 3.71. The summed E-state index contributed by atoms with van der Waals surface area (Å²) in [7, 11) is 0. The van der Waals surface area contributed by atoms with E-state index in [1.165, 1.54) is 0 Å². The molecule has 0 saturated carbocycles. The van der Waals surface area contributed by atoms with Gasteiger partial charge in [0.05, 0.1) is 23.1 Å². The predicted octanol–water partition coefficient (Wildman–Crippen LogP) is 2.81. The highest BCUT2D eigenvalue weighted by Gasteiger charge is 2.31. The third-order valence-corrected chi connectivity index (χ3v) is 5.31. The third-order valence-electron chi connectivity index (χ3n) is 5.31. The number of benzene rings is 2. The number of rotatable bonds is 7. The van der Waals surface area contributed by atoms with Crippen LogP contribution in [-0.2, 0) is 25.5 Å². The first-order valence-electron chi connectivity index (χ1n) is 11.5. The SMILES string of the molecule is CC(C)(C)OC(=O)N[C@@H](Cc1ccc2c(c1)NC(=O)C(CC(=O)Nc1nc3ccccc3[nH]1)O2)C(=O)O. The Kier molecular flexibility index (Phi) is 7.00. The average Bonchev–Trinajstić information content (AvgIpc) is 3.20. The van der Waals surface area contributed by atoms with Crippen molar-refractivity contribution in [2.75, 3.05) is 10.6 Å². The number of hydrogen-bond acceptors (Lipinski definition) is 7. The van der Waals surface area contributed by atoms with Crippen molar-refractivity contribution in [2.45, 2.75) is 51.4 Å². The number of nitrogens with one attached hydrogen (secondary N) is 4. The summed E-state index contributed by atoms with van der Waals surface area (Å²) < 4.78 is 10.9. The second kappa shape index (κ2) is 10.2. The molecule has 12 heteroatoms. The van der Waals surface area contributed by atoms with E-state index < -0.39 is 41.6 Å². The minimum absolute atomic E-state index is 0.0545. The van der Waals surface area contributed by atoms with E-state index in [-0.39, 0.29) is 18.8 Å². The number of carbonyl (C=O) groups is 4. The van der Waals surface area contributed by atoms with Gasteiger partial charge in [0.1, 0.15) is 17.4 Å². The van der Waals surface area contributed by atoms with Gasteiger partial charge in [0.2, 0.25) is 11.9 Å². The van der Waals surface area contributed by atoms with Crippen LogP contribution in [0.15, 0.2) is 42.5 Å². The molecule has 0 fully saturated rings. The van der Waals surface area contributed by atoms with Crippen molar-refractivity contribution in [2.24, 2.45) is 0 Å². The van der Waals surface area contributed by atoms with Crippen molar-refractivity contribution in [1.82, 2.24) is 15.3 Å². The summed E-state index contributed by atoms with van der Waals surface area (Å²) in [6, 6.07) is 10.8. The number of carbonyl (C=O) groups excluding carboxylic acids is 3. The van der Waals surface area contributed by atoms with Gasteiger partial charge in [-0.1, -0.05) is 18.2 Å². The van der Waals surface area contributed by atoms with Crippen LogP contribution in [0.3, 0.4) is 0 Å². The number of alkyl carbamates (subject to hydrolysis) is 1. The van der Waals surface area contributed by atoms with Crippen LogP contribution in [0.4, 0.5) is 16.4 Å². The van der Waals surface area contributed by atoms with Gasteiger partial charge in [0.25, 0.3) is 5.91 Å². The molecule has 0 saturated heterocycles. The minimum atomic E-state index is -1.25. The summed E-state index contributed by atoms with van der Waals surface area (Å²) in [5.74, 6) is -1.63. The zero-order valence-electron chi connectivity index (χ0n) is 20.5. The van der Waals surface area contributed by atoms with Crippen LogP contribution in [0.1, 0.15) is 32.8 Å². The van der Waals surface area contributed by atoms with Crippen LogP contribution in [0.25, 0.3) is 11.0 Å². The molecule has 12 nitrogen and oxygen atoms in total. The molecule has 2 atom stereocenters. The molecule has 1 aromatic heterocycles. The number of amides is 3. The molecule has 0 bridgehead atoms. The summed E-state index contributed by atoms with van der Waals surface area (Å²) >= 11 is 0. The predicted molar refractivity (Wildman–Crippen MR) is 133 cm³/mol. The second-order valence-corrected chi connectivity index (χ2v) is 9.52. The highest BCUT2D eigenvalue weighted by atomic mass is 16.6. The smallest absolute Gasteiger partial charge is 0.408 e. The summed E-state index contributed by atoms with van der Waals surface area (Å²) in [5, 5.41) is 17.2. The molecule has 2 heterocycles. The minimum Gasteiger partial charge on any atom is -0.480 e. The zero-order valence-corrected chi connectivity index (χ0v) is 20.5. The highest BCUT2D eigenvalue weighted by molar-refractivity contribution is 6.02. The Morgan fingerprint density at radius 1 is 1.19 bits per heavy atom. The summed E-state index contributed by atoms with van der Waals surface area (Å²) in [4.78, 5) is 56.0. The van der Waals surface area contributed by atoms with Crippen LogP contribution in [0.5, 0.6) is 5.75 Å². The van der Waals surface area contributed by atoms with Crippen molar-refractivity contribution < 1.29 is 33.8 Å². The number of fused-ring (bicyclic) bond motifs is 2. The van der Waals surface area contributed by atoms with E-state index in [4.69, 9.17) is 9.47 Å². The van der Waals surface area contributed by atoms with Crippen molar-refractivity contribution in [1.29, 1.82) is 0 Å². The monoisotopic (exact) mass is 509 g/mol. The molecule has 0 spiro atoms. The Balaban J connectivity index is 1.38. The number of carboxylic acids is 1. The number of carboxylic acid groups (broad SMARTS) is 1. The quantitative estimate of drug-likeness (QED) is 0.323. The lowest BCUT2D eigenvalue weighted by Gasteiger charge is -2.26. The molecule has 37 heavy (non-hydrogen) atoms. The third kappa shape index (κ3) is 6.54. The lowest BCUT2D eigenvalue weighted by atomic mass is 10.0. The maximum absolute atomic E-state index is 12.6. The molecule has 1 aliphatic rings. The van der Waals surface area contributed by atoms with Crippen LogP contribution < -0.4 is 20.7 Å². The number of anilines is 2. The molecule has 1 aliphatic heterocycles. The number of aromatic amines is 1.